The van der Waals surface area contributed by atoms with E-state index in [2.05, 4.69) is 21.9 Å². The van der Waals surface area contributed by atoms with E-state index < -0.39 is 0 Å². The van der Waals surface area contributed by atoms with Gasteiger partial charge in [-0.15, -0.1) is 0 Å². The number of unbranched alkanes of at least 4 members (excludes halogenated alkanes) is 3. The van der Waals surface area contributed by atoms with Gasteiger partial charge in [0.05, 0.1) is 13.7 Å². The number of fused-ring (bicyclic) bond motifs is 1. The van der Waals surface area contributed by atoms with Crippen LogP contribution in [0.15, 0.2) is 30.3 Å². The van der Waals surface area contributed by atoms with Crippen molar-refractivity contribution in [1.82, 2.24) is 24.4 Å². The summed E-state index contributed by atoms with van der Waals surface area (Å²) in [7, 11) is 1.60. The molecule has 0 unspecified atom stereocenters. The van der Waals surface area contributed by atoms with Gasteiger partial charge >= 0.3 is 12.1 Å². The summed E-state index contributed by atoms with van der Waals surface area (Å²) in [6, 6.07) is 10.6. The highest BCUT2D eigenvalue weighted by Crippen LogP contribution is 2.27. The fraction of sp³-hybridized carbons (Fsp3) is 0.571. The molecule has 0 atom stereocenters. The number of hydrogen-bond donors (Lipinski definition) is 1. The second kappa shape index (κ2) is 13.8. The predicted octanol–water partition coefficient (Wildman–Crippen LogP) is 5.21. The minimum atomic E-state index is -0.211. The third-order valence-electron chi connectivity index (χ3n) is 7.05. The summed E-state index contributed by atoms with van der Waals surface area (Å²) in [4.78, 5) is 27.5. The van der Waals surface area contributed by atoms with Crippen LogP contribution in [0.5, 0.6) is 12.0 Å². The van der Waals surface area contributed by atoms with Gasteiger partial charge in [0.2, 0.25) is 0 Å². The van der Waals surface area contributed by atoms with Crippen LogP contribution < -0.4 is 15.2 Å². The Morgan fingerprint density at radius 1 is 1.05 bits per heavy atom. The highest BCUT2D eigenvalue weighted by molar-refractivity contribution is 5.83. The van der Waals surface area contributed by atoms with Crippen molar-refractivity contribution in [2.45, 2.75) is 71.4 Å². The molecule has 206 valence electrons. The molecule has 1 saturated heterocycles. The molecule has 4 rings (SSSR count). The lowest BCUT2D eigenvalue weighted by molar-refractivity contribution is 0.0813. The molecule has 1 amide bonds. The highest BCUT2D eigenvalue weighted by atomic mass is 16.6. The molecule has 2 aromatic heterocycles. The lowest BCUT2D eigenvalue weighted by atomic mass is 9.91. The molecule has 1 aliphatic rings. The molecule has 1 aromatic carbocycles. The Hall–Kier alpha value is -3.56. The molecule has 0 aliphatic carbocycles. The van der Waals surface area contributed by atoms with Gasteiger partial charge in [0.15, 0.2) is 17.0 Å². The quantitative estimate of drug-likeness (QED) is 0.303. The Balaban J connectivity index is 1.19. The first-order valence-corrected chi connectivity index (χ1v) is 13.7. The fourth-order valence-corrected chi connectivity index (χ4v) is 4.81. The fourth-order valence-electron chi connectivity index (χ4n) is 4.81. The first kappa shape index (κ1) is 27.5. The molecule has 0 radical (unpaired) electrons. The minimum Gasteiger partial charge on any atom is -0.468 e. The Morgan fingerprint density at radius 3 is 2.58 bits per heavy atom. The number of piperidine rings is 1. The van der Waals surface area contributed by atoms with Crippen molar-refractivity contribution in [2.75, 3.05) is 32.5 Å². The van der Waals surface area contributed by atoms with E-state index in [1.807, 2.05) is 39.8 Å². The Kier molecular flexibility index (Phi) is 10.0. The lowest BCUT2D eigenvalue weighted by Crippen LogP contribution is -2.38. The number of ether oxygens (including phenoxy) is 3. The number of amides is 1. The summed E-state index contributed by atoms with van der Waals surface area (Å²) in [6.45, 7) is 5.24. The van der Waals surface area contributed by atoms with E-state index in [4.69, 9.17) is 19.9 Å². The first-order valence-electron chi connectivity index (χ1n) is 13.7. The molecule has 2 N–H and O–H groups in total. The average molecular weight is 525 g/mol. The third-order valence-corrected chi connectivity index (χ3v) is 7.05. The van der Waals surface area contributed by atoms with Crippen molar-refractivity contribution in [3.8, 4) is 12.0 Å². The lowest BCUT2D eigenvalue weighted by Gasteiger charge is -2.31. The van der Waals surface area contributed by atoms with Gasteiger partial charge in [-0.05, 0) is 37.2 Å². The van der Waals surface area contributed by atoms with Crippen LogP contribution >= 0.6 is 0 Å². The number of methoxy groups -OCH3 is 1. The van der Waals surface area contributed by atoms with Crippen molar-refractivity contribution in [2.24, 2.45) is 5.92 Å². The van der Waals surface area contributed by atoms with Crippen LogP contribution in [0, 0.1) is 5.92 Å². The van der Waals surface area contributed by atoms with Gasteiger partial charge in [0.1, 0.15) is 6.61 Å². The molecule has 10 nitrogen and oxygen atoms in total. The molecule has 1 aliphatic heterocycles. The van der Waals surface area contributed by atoms with Crippen LogP contribution in [0.1, 0.15) is 63.9 Å². The van der Waals surface area contributed by atoms with Crippen molar-refractivity contribution in [1.29, 1.82) is 0 Å². The summed E-state index contributed by atoms with van der Waals surface area (Å²) < 4.78 is 18.6. The maximum absolute atomic E-state index is 12.4. The monoisotopic (exact) mass is 524 g/mol. The van der Waals surface area contributed by atoms with Gasteiger partial charge in [-0.2, -0.15) is 15.0 Å². The number of benzene rings is 1. The number of carbonyl (C=O) groups is 1. The second-order valence-corrected chi connectivity index (χ2v) is 9.84. The second-order valence-electron chi connectivity index (χ2n) is 9.84. The molecule has 0 bridgehead atoms. The molecule has 0 saturated carbocycles. The summed E-state index contributed by atoms with van der Waals surface area (Å²) in [5.74, 6) is 0.945. The van der Waals surface area contributed by atoms with Gasteiger partial charge in [-0.1, -0.05) is 62.9 Å². The summed E-state index contributed by atoms with van der Waals surface area (Å²) in [5, 5.41) is 0. The number of aryl methyl sites for hydroxylation is 1. The van der Waals surface area contributed by atoms with Gasteiger partial charge in [0.25, 0.3) is 6.01 Å². The topological polar surface area (TPSA) is 118 Å². The third kappa shape index (κ3) is 7.26. The largest absolute Gasteiger partial charge is 0.468 e. The van der Waals surface area contributed by atoms with E-state index >= 15 is 0 Å². The molecule has 10 heteroatoms. The number of hydrogen-bond acceptors (Lipinski definition) is 8. The smallest absolute Gasteiger partial charge is 0.410 e. The Bertz CT molecular complexity index is 1160. The highest BCUT2D eigenvalue weighted by Gasteiger charge is 2.23. The van der Waals surface area contributed by atoms with E-state index in [0.717, 1.165) is 70.1 Å². The molecule has 1 fully saturated rings. The summed E-state index contributed by atoms with van der Waals surface area (Å²) >= 11 is 0. The zero-order valence-corrected chi connectivity index (χ0v) is 22.6. The van der Waals surface area contributed by atoms with E-state index in [1.54, 1.807) is 7.11 Å². The molecule has 0 spiro atoms. The number of nitrogen functional groups attached to an aromatic ring is 1. The van der Waals surface area contributed by atoms with Gasteiger partial charge in [-0.3, -0.25) is 4.57 Å². The van der Waals surface area contributed by atoms with Crippen LogP contribution in [-0.4, -0.2) is 57.3 Å². The predicted molar refractivity (Wildman–Crippen MR) is 146 cm³/mol. The number of anilines is 1. The Labute approximate surface area is 224 Å². The van der Waals surface area contributed by atoms with Crippen molar-refractivity contribution in [3.63, 3.8) is 0 Å². The Morgan fingerprint density at radius 2 is 1.84 bits per heavy atom. The number of nitrogens with two attached hydrogens (primary N) is 1. The van der Waals surface area contributed by atoms with E-state index in [9.17, 15) is 4.79 Å². The maximum Gasteiger partial charge on any atom is 0.410 e. The number of aromatic nitrogens is 4. The van der Waals surface area contributed by atoms with Crippen LogP contribution in [0.3, 0.4) is 0 Å². The molecule has 38 heavy (non-hydrogen) atoms. The van der Waals surface area contributed by atoms with Gasteiger partial charge in [0, 0.05) is 19.6 Å². The standard InChI is InChI=1S/C28H40N6O4/c1-3-4-19-37-26-31-24(29)23-25(32-26)34(27(30-23)36-2)16-10-6-9-11-21-14-17-33(18-15-21)28(35)38-20-22-12-7-5-8-13-22/h5,7-8,12-13,21H,3-4,6,9-11,14-20H2,1-2H3,(H2,29,31,32). The SMILES string of the molecule is CCCCOc1nc(N)c2nc(OC)n(CCCCCC3CCN(C(=O)OCc4ccccc4)CC3)c2n1. The minimum absolute atomic E-state index is 0.211. The summed E-state index contributed by atoms with van der Waals surface area (Å²) in [5.41, 5.74) is 8.33. The van der Waals surface area contributed by atoms with Crippen molar-refractivity contribution < 1.29 is 19.0 Å². The van der Waals surface area contributed by atoms with E-state index in [-0.39, 0.29) is 12.1 Å². The van der Waals surface area contributed by atoms with Crippen molar-refractivity contribution in [3.05, 3.63) is 35.9 Å². The van der Waals surface area contributed by atoms with Crippen LogP contribution in [0.2, 0.25) is 0 Å². The van der Waals surface area contributed by atoms with Crippen LogP contribution in [0.25, 0.3) is 11.2 Å². The van der Waals surface area contributed by atoms with Crippen LogP contribution in [-0.2, 0) is 17.9 Å². The average Bonchev–Trinajstić information content (AvgIpc) is 3.30. The van der Waals surface area contributed by atoms with E-state index in [1.165, 1.54) is 6.42 Å². The van der Waals surface area contributed by atoms with E-state index in [0.29, 0.717) is 42.1 Å². The number of rotatable bonds is 13. The number of imidazole rings is 1. The molecule has 3 heterocycles. The first-order chi connectivity index (χ1) is 18.6. The maximum atomic E-state index is 12.4. The summed E-state index contributed by atoms with van der Waals surface area (Å²) in [6.07, 6.45) is 8.17. The number of carbonyl (C=O) groups excluding carboxylic acids is 1. The normalized spacial score (nSPS) is 14.1. The molecular formula is C28H40N6O4. The molecular weight excluding hydrogens is 484 g/mol. The van der Waals surface area contributed by atoms with Gasteiger partial charge < -0.3 is 24.8 Å². The van der Waals surface area contributed by atoms with Crippen molar-refractivity contribution >= 4 is 23.1 Å². The zero-order valence-electron chi connectivity index (χ0n) is 22.6. The number of likely N-dealkylation sites (tertiary alicyclic amines) is 1. The zero-order chi connectivity index (χ0) is 26.7. The van der Waals surface area contributed by atoms with Crippen LogP contribution in [0.4, 0.5) is 10.6 Å². The molecule has 3 aromatic rings. The van der Waals surface area contributed by atoms with Gasteiger partial charge in [-0.25, -0.2) is 4.79 Å². The number of nitrogens with zero attached hydrogens (tertiary/aromatic N) is 5.